The Kier molecular flexibility index (Phi) is 8.70. The van der Waals surface area contributed by atoms with Crippen LogP contribution in [0.2, 0.25) is 5.28 Å². The summed E-state index contributed by atoms with van der Waals surface area (Å²) in [5.74, 6) is -3.09. The Morgan fingerprint density at radius 3 is 2.51 bits per heavy atom. The van der Waals surface area contributed by atoms with Crippen molar-refractivity contribution in [2.45, 2.75) is 68.0 Å². The van der Waals surface area contributed by atoms with Gasteiger partial charge in [0.1, 0.15) is 29.8 Å². The first-order chi connectivity index (χ1) is 20.3. The molecule has 17 nitrogen and oxygen atoms in total. The van der Waals surface area contributed by atoms with Crippen molar-refractivity contribution >= 4 is 48.0 Å². The number of carboxylic acid groups (broad SMARTS) is 2. The minimum Gasteiger partial charge on any atom is -0.479 e. The molecule has 2 aliphatic rings. The number of carboxylic acids is 2. The summed E-state index contributed by atoms with van der Waals surface area (Å²) in [6, 6.07) is 3.69. The predicted molar refractivity (Wildman–Crippen MR) is 145 cm³/mol. The van der Waals surface area contributed by atoms with Crippen molar-refractivity contribution in [1.82, 2.24) is 24.7 Å². The third-order valence-corrected chi connectivity index (χ3v) is 9.03. The van der Waals surface area contributed by atoms with Crippen molar-refractivity contribution in [3.8, 4) is 0 Å². The van der Waals surface area contributed by atoms with Gasteiger partial charge in [-0.2, -0.15) is 15.1 Å². The molecule has 19 heteroatoms. The number of ether oxygens (including phenoxy) is 2. The average molecular weight is 643 g/mol. The molecule has 232 valence electrons. The number of anilines is 1. The summed E-state index contributed by atoms with van der Waals surface area (Å²) in [6.07, 6.45) is -1.81. The summed E-state index contributed by atoms with van der Waals surface area (Å²) in [6.45, 7) is -0.909. The van der Waals surface area contributed by atoms with Gasteiger partial charge in [-0.05, 0) is 36.6 Å². The molecule has 2 fully saturated rings. The molecule has 7 N–H and O–H groups in total. The highest BCUT2D eigenvalue weighted by Crippen LogP contribution is 2.53. The van der Waals surface area contributed by atoms with Crippen LogP contribution in [-0.2, 0) is 25.3 Å². The smallest absolute Gasteiger partial charge is 0.369 e. The molecule has 0 bridgehead atoms. The van der Waals surface area contributed by atoms with Gasteiger partial charge in [-0.3, -0.25) is 4.57 Å². The molecule has 1 aliphatic carbocycles. The fourth-order valence-corrected chi connectivity index (χ4v) is 6.21. The highest BCUT2D eigenvalue weighted by Gasteiger charge is 2.57. The van der Waals surface area contributed by atoms with Crippen LogP contribution >= 0.6 is 19.2 Å². The predicted octanol–water partition coefficient (Wildman–Crippen LogP) is 0.764. The van der Waals surface area contributed by atoms with E-state index in [4.69, 9.17) is 21.1 Å². The first-order valence-electron chi connectivity index (χ1n) is 13.1. The highest BCUT2D eigenvalue weighted by atomic mass is 35.5. The lowest BCUT2D eigenvalue weighted by atomic mass is 10.1. The van der Waals surface area contributed by atoms with E-state index in [1.165, 1.54) is 18.3 Å². The van der Waals surface area contributed by atoms with Gasteiger partial charge >= 0.3 is 19.5 Å². The number of fused-ring (bicyclic) bond motifs is 1. The minimum atomic E-state index is -5.64. The maximum atomic E-state index is 12.5. The second-order valence-corrected chi connectivity index (χ2v) is 12.4. The molecule has 3 aromatic heterocycles. The van der Waals surface area contributed by atoms with Gasteiger partial charge in [-0.25, -0.2) is 19.3 Å². The highest BCUT2D eigenvalue weighted by molar-refractivity contribution is 7.54. The first-order valence-corrected chi connectivity index (χ1v) is 15.1. The number of aliphatic carboxylic acids is 1. The summed E-state index contributed by atoms with van der Waals surface area (Å²) in [4.78, 5) is 55.9. The van der Waals surface area contributed by atoms with Crippen molar-refractivity contribution in [2.75, 3.05) is 11.9 Å². The lowest BCUT2D eigenvalue weighted by Crippen LogP contribution is -2.46. The molecule has 43 heavy (non-hydrogen) atoms. The van der Waals surface area contributed by atoms with E-state index in [9.17, 15) is 44.4 Å². The zero-order valence-electron chi connectivity index (χ0n) is 22.2. The van der Waals surface area contributed by atoms with Crippen LogP contribution in [0.5, 0.6) is 0 Å². The van der Waals surface area contributed by atoms with E-state index in [2.05, 4.69) is 25.4 Å². The van der Waals surface area contributed by atoms with Crippen LogP contribution in [0.25, 0.3) is 11.0 Å². The van der Waals surface area contributed by atoms with Crippen LogP contribution < -0.4 is 5.32 Å². The number of pyridine rings is 1. The zero-order valence-corrected chi connectivity index (χ0v) is 23.9. The molecule has 5 rings (SSSR count). The van der Waals surface area contributed by atoms with Gasteiger partial charge in [0.2, 0.25) is 5.28 Å². The maximum Gasteiger partial charge on any atom is 0.369 e. The first kappa shape index (κ1) is 31.2. The average Bonchev–Trinajstić information content (AvgIpc) is 3.66. The van der Waals surface area contributed by atoms with Crippen LogP contribution in [0.4, 0.5) is 5.82 Å². The molecule has 3 aromatic rings. The number of carbonyl (C=O) groups is 2. The number of aromatic nitrogens is 5. The molecule has 0 spiro atoms. The Labute approximate surface area is 247 Å². The van der Waals surface area contributed by atoms with Crippen LogP contribution in [0.3, 0.4) is 0 Å². The summed E-state index contributed by atoms with van der Waals surface area (Å²) in [7, 11) is -5.64. The molecule has 1 saturated heterocycles. The molecule has 5 atom stereocenters. The van der Waals surface area contributed by atoms with E-state index in [1.54, 1.807) is 0 Å². The van der Waals surface area contributed by atoms with Crippen LogP contribution in [-0.4, -0.2) is 103 Å². The Hall–Kier alpha value is -3.28. The van der Waals surface area contributed by atoms with Gasteiger partial charge < -0.3 is 45.0 Å². The van der Waals surface area contributed by atoms with Crippen molar-refractivity contribution in [2.24, 2.45) is 0 Å². The number of hydrogen-bond acceptors (Lipinski definition) is 12. The Bertz CT molecular complexity index is 1580. The van der Waals surface area contributed by atoms with Crippen LogP contribution in [0.1, 0.15) is 48.1 Å². The zero-order chi connectivity index (χ0) is 31.1. The van der Waals surface area contributed by atoms with Gasteiger partial charge in [0, 0.05) is 18.2 Å². The number of nitrogens with zero attached hydrogens (tertiary/aromatic N) is 5. The van der Waals surface area contributed by atoms with Gasteiger partial charge in [0.15, 0.2) is 11.9 Å². The number of aliphatic hydroxyl groups excluding tert-OH is 2. The van der Waals surface area contributed by atoms with Gasteiger partial charge in [0.05, 0.1) is 18.2 Å². The summed E-state index contributed by atoms with van der Waals surface area (Å²) in [5, 5.41) is 45.3. The molecule has 1 saturated carbocycles. The second-order valence-electron chi connectivity index (χ2n) is 10.3. The van der Waals surface area contributed by atoms with Crippen molar-refractivity contribution < 1.29 is 53.8 Å². The largest absolute Gasteiger partial charge is 0.479 e. The molecule has 0 aromatic carbocycles. The van der Waals surface area contributed by atoms with E-state index in [0.717, 1.165) is 36.4 Å². The maximum absolute atomic E-state index is 12.5. The minimum absolute atomic E-state index is 0.115. The fourth-order valence-electron chi connectivity index (χ4n) is 5.19. The lowest BCUT2D eigenvalue weighted by molar-refractivity contribution is -0.163. The van der Waals surface area contributed by atoms with E-state index in [0.29, 0.717) is 11.2 Å². The van der Waals surface area contributed by atoms with E-state index in [1.807, 2.05) is 0 Å². The normalized spacial score (nSPS) is 24.3. The molecule has 1 unspecified atom stereocenters. The summed E-state index contributed by atoms with van der Waals surface area (Å²) < 4.78 is 24.7. The Morgan fingerprint density at radius 1 is 1.14 bits per heavy atom. The van der Waals surface area contributed by atoms with E-state index >= 15 is 0 Å². The molecule has 4 heterocycles. The van der Waals surface area contributed by atoms with E-state index < -0.39 is 68.1 Å². The van der Waals surface area contributed by atoms with Gasteiger partial charge in [-0.1, -0.05) is 18.9 Å². The number of nitrogens with one attached hydrogen (secondary N) is 1. The standard InChI is InChI=1S/C24H28ClN6O11P/c25-23-29-18(28-11-4-1-2-5-11)13-9-26-31(19(13)30-23)20-17(33)16(32)15(42-20)10-41-24(22(36)37,43(38,39)40)8-12-6-3-7-14(27-12)21(34)35/h3,6-7,9,11,15-17,20,32-33H,1-2,4-5,8,10H2,(H,34,35)(H,36,37)(H,28,29,30)(H2,38,39,40)/t15-,16-,17-,20-,24?/m1/s1. The van der Waals surface area contributed by atoms with Crippen LogP contribution in [0, 0.1) is 0 Å². The molecular formula is C24H28ClN6O11P. The SMILES string of the molecule is O=C(O)c1cccc(CC(OC[C@H]2O[C@@H](n3ncc4c(NC5CCCC5)nc(Cl)nc43)[C@H](O)[C@@H]2O)(C(=O)O)P(=O)(O)O)n1. The third kappa shape index (κ3) is 6.07. The van der Waals surface area contributed by atoms with Crippen molar-refractivity contribution in [3.63, 3.8) is 0 Å². The van der Waals surface area contributed by atoms with Crippen LogP contribution in [0.15, 0.2) is 24.4 Å². The van der Waals surface area contributed by atoms with Gasteiger partial charge in [0.25, 0.3) is 5.34 Å². The lowest BCUT2D eigenvalue weighted by Gasteiger charge is -2.31. The van der Waals surface area contributed by atoms with E-state index in [-0.39, 0.29) is 22.7 Å². The quantitative estimate of drug-likeness (QED) is 0.112. The number of halogens is 1. The molecular weight excluding hydrogens is 615 g/mol. The fraction of sp³-hybridized carbons (Fsp3) is 0.500. The van der Waals surface area contributed by atoms with Gasteiger partial charge in [-0.15, -0.1) is 0 Å². The molecule has 0 radical (unpaired) electrons. The Balaban J connectivity index is 1.39. The molecule has 1 aliphatic heterocycles. The summed E-state index contributed by atoms with van der Waals surface area (Å²) in [5.41, 5.74) is -0.615. The molecule has 0 amide bonds. The topological polar surface area (TPSA) is 260 Å². The second kappa shape index (κ2) is 12.0. The van der Waals surface area contributed by atoms with Crippen molar-refractivity contribution in [1.29, 1.82) is 0 Å². The third-order valence-electron chi connectivity index (χ3n) is 7.44. The monoisotopic (exact) mass is 642 g/mol. The Morgan fingerprint density at radius 2 is 1.86 bits per heavy atom. The number of aliphatic hydroxyl groups is 2. The number of hydrogen-bond donors (Lipinski definition) is 7. The summed E-state index contributed by atoms with van der Waals surface area (Å²) >= 11 is 6.16. The number of aromatic carboxylic acids is 1. The number of rotatable bonds is 11. The van der Waals surface area contributed by atoms with Crippen molar-refractivity contribution in [3.05, 3.63) is 41.1 Å².